The Morgan fingerprint density at radius 3 is 3.06 bits per heavy atom. The van der Waals surface area contributed by atoms with Crippen LogP contribution in [0.15, 0.2) is 24.4 Å². The molecule has 1 fully saturated rings. The minimum absolute atomic E-state index is 0.443. The first-order chi connectivity index (χ1) is 7.84. The number of hydrogen-bond acceptors (Lipinski definition) is 3. The molecular weight excluding hydrogens is 220 g/mol. The first-order valence-corrected chi connectivity index (χ1v) is 7.31. The van der Waals surface area contributed by atoms with Crippen LogP contribution in [0.5, 0.6) is 0 Å². The summed E-state index contributed by atoms with van der Waals surface area (Å²) in [5.74, 6) is 1.34. The van der Waals surface area contributed by atoms with Gasteiger partial charge in [-0.3, -0.25) is 9.19 Å². The lowest BCUT2D eigenvalue weighted by molar-refractivity contribution is 0.427. The second kappa shape index (κ2) is 6.11. The number of aromatic nitrogens is 1. The molecule has 1 saturated heterocycles. The van der Waals surface area contributed by atoms with Gasteiger partial charge in [-0.1, -0.05) is 12.5 Å². The average molecular weight is 238 g/mol. The molecule has 88 valence electrons. The van der Waals surface area contributed by atoms with Crippen molar-refractivity contribution in [3.8, 4) is 0 Å². The van der Waals surface area contributed by atoms with E-state index in [0.717, 1.165) is 24.4 Å². The van der Waals surface area contributed by atoms with Crippen molar-refractivity contribution in [3.63, 3.8) is 0 Å². The fourth-order valence-corrected chi connectivity index (χ4v) is 3.35. The molecular formula is C12H18N2OS. The van der Waals surface area contributed by atoms with Crippen LogP contribution >= 0.6 is 0 Å². The molecule has 1 N–H and O–H groups in total. The Kier molecular flexibility index (Phi) is 4.48. The molecule has 0 amide bonds. The van der Waals surface area contributed by atoms with Crippen molar-refractivity contribution in [1.29, 1.82) is 0 Å². The Bertz CT molecular complexity index is 336. The summed E-state index contributed by atoms with van der Waals surface area (Å²) in [6, 6.07) is 6.21. The molecule has 1 aliphatic heterocycles. The normalized spacial score (nSPS) is 22.9. The molecule has 1 aromatic heterocycles. The van der Waals surface area contributed by atoms with Gasteiger partial charge in [0.05, 0.1) is 11.4 Å². The monoisotopic (exact) mass is 238 g/mol. The summed E-state index contributed by atoms with van der Waals surface area (Å²) in [5, 5.41) is 3.42. The van der Waals surface area contributed by atoms with Crippen LogP contribution in [0, 0.1) is 0 Å². The van der Waals surface area contributed by atoms with Gasteiger partial charge in [0.25, 0.3) is 0 Å². The molecule has 16 heavy (non-hydrogen) atoms. The van der Waals surface area contributed by atoms with Crippen molar-refractivity contribution in [2.24, 2.45) is 0 Å². The summed E-state index contributed by atoms with van der Waals surface area (Å²) in [4.78, 5) is 4.20. The van der Waals surface area contributed by atoms with Gasteiger partial charge >= 0.3 is 0 Å². The third kappa shape index (κ3) is 3.68. The van der Waals surface area contributed by atoms with Crippen LogP contribution in [0.4, 0.5) is 0 Å². The summed E-state index contributed by atoms with van der Waals surface area (Å²) in [6.07, 6.45) is 5.43. The minimum atomic E-state index is -0.794. The molecule has 2 rings (SSSR count). The lowest BCUT2D eigenvalue weighted by Crippen LogP contribution is -2.38. The highest BCUT2D eigenvalue weighted by Crippen LogP contribution is 2.09. The maximum Gasteiger partial charge on any atom is 0.0659 e. The van der Waals surface area contributed by atoms with E-state index < -0.39 is 10.8 Å². The standard InChI is InChI=1S/C12H18N2OS/c15-16(9-11-5-1-3-7-13-11)10-12-6-2-4-8-14-12/h1,3,5,7,12,14H,2,4,6,8-10H2/t12-,16+/m0/s1. The molecule has 0 aliphatic carbocycles. The average Bonchev–Trinajstić information content (AvgIpc) is 2.31. The molecule has 1 aliphatic rings. The molecule has 4 heteroatoms. The van der Waals surface area contributed by atoms with Gasteiger partial charge in [-0.15, -0.1) is 0 Å². The summed E-state index contributed by atoms with van der Waals surface area (Å²) in [7, 11) is -0.794. The quantitative estimate of drug-likeness (QED) is 0.864. The van der Waals surface area contributed by atoms with Crippen LogP contribution in [0.1, 0.15) is 25.0 Å². The third-order valence-corrected chi connectivity index (χ3v) is 4.23. The van der Waals surface area contributed by atoms with E-state index in [1.807, 2.05) is 18.2 Å². The highest BCUT2D eigenvalue weighted by atomic mass is 32.2. The van der Waals surface area contributed by atoms with Crippen molar-refractivity contribution in [3.05, 3.63) is 30.1 Å². The highest BCUT2D eigenvalue weighted by Gasteiger charge is 2.15. The Labute approximate surface area is 99.1 Å². The van der Waals surface area contributed by atoms with E-state index in [2.05, 4.69) is 10.3 Å². The van der Waals surface area contributed by atoms with E-state index in [0.29, 0.717) is 11.8 Å². The summed E-state index contributed by atoms with van der Waals surface area (Å²) in [5.41, 5.74) is 0.927. The molecule has 0 radical (unpaired) electrons. The second-order valence-corrected chi connectivity index (χ2v) is 5.72. The second-order valence-electron chi connectivity index (χ2n) is 4.22. The smallest absolute Gasteiger partial charge is 0.0659 e. The maximum absolute atomic E-state index is 11.9. The fraction of sp³-hybridized carbons (Fsp3) is 0.583. The van der Waals surface area contributed by atoms with E-state index in [9.17, 15) is 4.21 Å². The molecule has 3 nitrogen and oxygen atoms in total. The van der Waals surface area contributed by atoms with Crippen LogP contribution in [0.25, 0.3) is 0 Å². The summed E-state index contributed by atoms with van der Waals surface area (Å²) < 4.78 is 11.9. The van der Waals surface area contributed by atoms with Gasteiger partial charge in [0, 0.05) is 28.8 Å². The Morgan fingerprint density at radius 2 is 2.38 bits per heavy atom. The molecule has 2 heterocycles. The van der Waals surface area contributed by atoms with Crippen LogP contribution in [-0.2, 0) is 16.6 Å². The van der Waals surface area contributed by atoms with Gasteiger partial charge in [0.2, 0.25) is 0 Å². The predicted molar refractivity (Wildman–Crippen MR) is 66.6 cm³/mol. The summed E-state index contributed by atoms with van der Waals surface area (Å²) >= 11 is 0. The Balaban J connectivity index is 1.80. The molecule has 0 unspecified atom stereocenters. The Morgan fingerprint density at radius 1 is 1.44 bits per heavy atom. The van der Waals surface area contributed by atoms with Gasteiger partial charge in [-0.2, -0.15) is 0 Å². The van der Waals surface area contributed by atoms with Gasteiger partial charge in [0.1, 0.15) is 0 Å². The van der Waals surface area contributed by atoms with E-state index in [1.165, 1.54) is 12.8 Å². The largest absolute Gasteiger partial charge is 0.313 e. The van der Waals surface area contributed by atoms with Gasteiger partial charge in [0.15, 0.2) is 0 Å². The number of nitrogens with one attached hydrogen (secondary N) is 1. The topological polar surface area (TPSA) is 42.0 Å². The van der Waals surface area contributed by atoms with Crippen molar-refractivity contribution >= 4 is 10.8 Å². The van der Waals surface area contributed by atoms with Crippen LogP contribution in [0.2, 0.25) is 0 Å². The minimum Gasteiger partial charge on any atom is -0.313 e. The number of rotatable bonds is 4. The van der Waals surface area contributed by atoms with Gasteiger partial charge < -0.3 is 5.32 Å². The predicted octanol–water partition coefficient (Wildman–Crippen LogP) is 1.47. The first-order valence-electron chi connectivity index (χ1n) is 5.83. The van der Waals surface area contributed by atoms with E-state index in [-0.39, 0.29) is 0 Å². The van der Waals surface area contributed by atoms with Crippen molar-refractivity contribution < 1.29 is 4.21 Å². The maximum atomic E-state index is 11.9. The molecule has 0 spiro atoms. The van der Waals surface area contributed by atoms with E-state index >= 15 is 0 Å². The van der Waals surface area contributed by atoms with Gasteiger partial charge in [-0.05, 0) is 31.5 Å². The molecule has 0 bridgehead atoms. The summed E-state index contributed by atoms with van der Waals surface area (Å²) in [6.45, 7) is 1.07. The van der Waals surface area contributed by atoms with E-state index in [1.54, 1.807) is 6.20 Å². The molecule has 0 saturated carbocycles. The lowest BCUT2D eigenvalue weighted by Gasteiger charge is -2.22. The highest BCUT2D eigenvalue weighted by molar-refractivity contribution is 7.84. The van der Waals surface area contributed by atoms with Crippen LogP contribution < -0.4 is 5.32 Å². The third-order valence-electron chi connectivity index (χ3n) is 2.83. The Hall–Kier alpha value is -0.740. The first kappa shape index (κ1) is 11.7. The zero-order chi connectivity index (χ0) is 11.2. The lowest BCUT2D eigenvalue weighted by atomic mass is 10.1. The number of pyridine rings is 1. The molecule has 1 aromatic rings. The fourth-order valence-electron chi connectivity index (χ4n) is 2.00. The van der Waals surface area contributed by atoms with Crippen molar-refractivity contribution in [1.82, 2.24) is 10.3 Å². The van der Waals surface area contributed by atoms with Crippen molar-refractivity contribution in [2.75, 3.05) is 12.3 Å². The number of nitrogens with zero attached hydrogens (tertiary/aromatic N) is 1. The zero-order valence-corrected chi connectivity index (χ0v) is 10.2. The number of piperidine rings is 1. The van der Waals surface area contributed by atoms with E-state index in [4.69, 9.17) is 0 Å². The SMILES string of the molecule is O=[S@](Cc1ccccn1)C[C@@H]1CCCCN1. The van der Waals surface area contributed by atoms with Crippen molar-refractivity contribution in [2.45, 2.75) is 31.1 Å². The molecule has 2 atom stereocenters. The van der Waals surface area contributed by atoms with Gasteiger partial charge in [-0.25, -0.2) is 0 Å². The van der Waals surface area contributed by atoms with Crippen LogP contribution in [0.3, 0.4) is 0 Å². The van der Waals surface area contributed by atoms with Crippen LogP contribution in [-0.4, -0.2) is 27.5 Å². The molecule has 0 aromatic carbocycles. The zero-order valence-electron chi connectivity index (χ0n) is 9.39. The number of hydrogen-bond donors (Lipinski definition) is 1.